The molecule has 0 aliphatic carbocycles. The molecule has 0 fully saturated rings. The van der Waals surface area contributed by atoms with Crippen molar-refractivity contribution in [2.24, 2.45) is 0 Å². The van der Waals surface area contributed by atoms with E-state index < -0.39 is 0 Å². The van der Waals surface area contributed by atoms with Crippen molar-refractivity contribution in [2.75, 3.05) is 5.32 Å². The molecule has 0 spiro atoms. The van der Waals surface area contributed by atoms with Crippen LogP contribution in [0.15, 0.2) is 71.5 Å². The zero-order valence-electron chi connectivity index (χ0n) is 15.1. The third-order valence-corrected chi connectivity index (χ3v) is 4.46. The van der Waals surface area contributed by atoms with E-state index in [2.05, 4.69) is 46.5 Å². The summed E-state index contributed by atoms with van der Waals surface area (Å²) in [6.07, 6.45) is 0. The van der Waals surface area contributed by atoms with Crippen LogP contribution in [0.3, 0.4) is 0 Å². The first-order valence-corrected chi connectivity index (χ1v) is 8.89. The summed E-state index contributed by atoms with van der Waals surface area (Å²) in [5, 5.41) is 3.37. The quantitative estimate of drug-likeness (QED) is 0.479. The van der Waals surface area contributed by atoms with E-state index in [1.807, 2.05) is 42.5 Å². The first kappa shape index (κ1) is 17.0. The zero-order valence-corrected chi connectivity index (χ0v) is 15.1. The van der Waals surface area contributed by atoms with Crippen LogP contribution in [-0.2, 0) is 13.2 Å². The summed E-state index contributed by atoms with van der Waals surface area (Å²) >= 11 is 0. The van der Waals surface area contributed by atoms with E-state index in [1.165, 1.54) is 5.56 Å². The topological polar surface area (TPSA) is 69.9 Å². The smallest absolute Gasteiger partial charge is 0.323 e. The highest BCUT2D eigenvalue weighted by Crippen LogP contribution is 2.18. The fraction of sp³-hybridized carbons (Fsp3) is 0.136. The fourth-order valence-corrected chi connectivity index (χ4v) is 2.90. The monoisotopic (exact) mass is 359 g/mol. The molecule has 0 aliphatic rings. The maximum absolute atomic E-state index is 11.3. The minimum atomic E-state index is -0.191. The number of H-pyrrole nitrogens is 2. The van der Waals surface area contributed by atoms with Crippen LogP contribution >= 0.6 is 0 Å². The number of nitrogens with one attached hydrogen (secondary N) is 3. The summed E-state index contributed by atoms with van der Waals surface area (Å²) in [5.74, 6) is 0.852. The molecular weight excluding hydrogens is 338 g/mol. The van der Waals surface area contributed by atoms with Gasteiger partial charge in [-0.1, -0.05) is 42.0 Å². The highest BCUT2D eigenvalue weighted by atomic mass is 16.5. The van der Waals surface area contributed by atoms with Gasteiger partial charge in [0.05, 0.1) is 11.0 Å². The third kappa shape index (κ3) is 4.20. The lowest BCUT2D eigenvalue weighted by Crippen LogP contribution is -2.00. The Morgan fingerprint density at radius 3 is 2.33 bits per heavy atom. The Kier molecular flexibility index (Phi) is 4.66. The van der Waals surface area contributed by atoms with Crippen LogP contribution in [-0.4, -0.2) is 9.97 Å². The summed E-state index contributed by atoms with van der Waals surface area (Å²) in [7, 11) is 0. The maximum Gasteiger partial charge on any atom is 0.323 e. The van der Waals surface area contributed by atoms with Gasteiger partial charge < -0.3 is 20.0 Å². The van der Waals surface area contributed by atoms with Crippen LogP contribution in [0.5, 0.6) is 5.75 Å². The number of aryl methyl sites for hydroxylation is 1. The van der Waals surface area contributed by atoms with Crippen molar-refractivity contribution in [3.05, 3.63) is 93.9 Å². The van der Waals surface area contributed by atoms with E-state index in [0.29, 0.717) is 13.2 Å². The Bertz CT molecular complexity index is 1090. The number of aromatic amines is 2. The molecule has 1 heterocycles. The molecule has 4 aromatic rings. The van der Waals surface area contributed by atoms with Crippen molar-refractivity contribution in [1.29, 1.82) is 0 Å². The Morgan fingerprint density at radius 2 is 1.56 bits per heavy atom. The number of rotatable bonds is 6. The lowest BCUT2D eigenvalue weighted by molar-refractivity contribution is 0.306. The summed E-state index contributed by atoms with van der Waals surface area (Å²) in [5.41, 5.74) is 5.92. The molecule has 4 rings (SSSR count). The van der Waals surface area contributed by atoms with Gasteiger partial charge in [0, 0.05) is 12.2 Å². The van der Waals surface area contributed by atoms with E-state index in [-0.39, 0.29) is 5.69 Å². The fourth-order valence-electron chi connectivity index (χ4n) is 2.90. The predicted molar refractivity (Wildman–Crippen MR) is 108 cm³/mol. The van der Waals surface area contributed by atoms with E-state index in [0.717, 1.165) is 33.6 Å². The number of fused-ring (bicyclic) bond motifs is 1. The SMILES string of the molecule is Cc1ccc(COc2ccc(CNc3ccc4[nH]c(=O)[nH]c4c3)cc2)cc1. The van der Waals surface area contributed by atoms with Gasteiger partial charge in [-0.05, 0) is 48.4 Å². The van der Waals surface area contributed by atoms with Crippen LogP contribution in [0, 0.1) is 6.92 Å². The van der Waals surface area contributed by atoms with Crippen LogP contribution in [0.2, 0.25) is 0 Å². The van der Waals surface area contributed by atoms with Crippen LogP contribution in [0.25, 0.3) is 11.0 Å². The zero-order chi connectivity index (χ0) is 18.6. The summed E-state index contributed by atoms with van der Waals surface area (Å²) < 4.78 is 5.84. The van der Waals surface area contributed by atoms with Crippen molar-refractivity contribution >= 4 is 16.7 Å². The van der Waals surface area contributed by atoms with Crippen LogP contribution in [0.4, 0.5) is 5.69 Å². The average Bonchev–Trinajstić information content (AvgIpc) is 3.06. The van der Waals surface area contributed by atoms with E-state index >= 15 is 0 Å². The molecule has 0 unspecified atom stereocenters. The minimum Gasteiger partial charge on any atom is -0.489 e. The van der Waals surface area contributed by atoms with Gasteiger partial charge in [-0.15, -0.1) is 0 Å². The largest absolute Gasteiger partial charge is 0.489 e. The predicted octanol–water partition coefficient (Wildman–Crippen LogP) is 4.36. The number of hydrogen-bond donors (Lipinski definition) is 3. The number of anilines is 1. The third-order valence-electron chi connectivity index (χ3n) is 4.46. The Labute approximate surface area is 157 Å². The molecule has 136 valence electrons. The van der Waals surface area contributed by atoms with Gasteiger partial charge >= 0.3 is 5.69 Å². The molecule has 0 bridgehead atoms. The normalized spacial score (nSPS) is 10.9. The number of hydrogen-bond acceptors (Lipinski definition) is 3. The molecular formula is C22H21N3O2. The van der Waals surface area contributed by atoms with Crippen molar-refractivity contribution in [2.45, 2.75) is 20.1 Å². The average molecular weight is 359 g/mol. The second-order valence-corrected chi connectivity index (χ2v) is 6.61. The number of ether oxygens (including phenoxy) is 1. The summed E-state index contributed by atoms with van der Waals surface area (Å²) in [4.78, 5) is 16.8. The molecule has 0 saturated heterocycles. The molecule has 0 saturated carbocycles. The van der Waals surface area contributed by atoms with Crippen LogP contribution in [0.1, 0.15) is 16.7 Å². The van der Waals surface area contributed by atoms with Gasteiger partial charge in [-0.2, -0.15) is 0 Å². The molecule has 5 heteroatoms. The molecule has 3 aromatic carbocycles. The Morgan fingerprint density at radius 1 is 0.852 bits per heavy atom. The molecule has 3 N–H and O–H groups in total. The Balaban J connectivity index is 1.34. The molecule has 1 aromatic heterocycles. The number of aromatic nitrogens is 2. The van der Waals surface area contributed by atoms with Gasteiger partial charge in [-0.25, -0.2) is 4.79 Å². The molecule has 27 heavy (non-hydrogen) atoms. The minimum absolute atomic E-state index is 0.191. The number of benzene rings is 3. The lowest BCUT2D eigenvalue weighted by atomic mass is 10.2. The Hall–Kier alpha value is -3.47. The highest BCUT2D eigenvalue weighted by Gasteiger charge is 2.01. The highest BCUT2D eigenvalue weighted by molar-refractivity contribution is 5.78. The van der Waals surface area contributed by atoms with Gasteiger partial charge in [0.15, 0.2) is 0 Å². The van der Waals surface area contributed by atoms with Crippen LogP contribution < -0.4 is 15.7 Å². The van der Waals surface area contributed by atoms with Crippen molar-refractivity contribution in [1.82, 2.24) is 9.97 Å². The molecule has 0 aliphatic heterocycles. The number of imidazole rings is 1. The maximum atomic E-state index is 11.3. The second-order valence-electron chi connectivity index (χ2n) is 6.61. The van der Waals surface area contributed by atoms with Gasteiger partial charge in [-0.3, -0.25) is 0 Å². The molecule has 0 radical (unpaired) electrons. The first-order chi connectivity index (χ1) is 13.2. The van der Waals surface area contributed by atoms with E-state index in [9.17, 15) is 4.79 Å². The molecule has 0 atom stereocenters. The summed E-state index contributed by atoms with van der Waals surface area (Å²) in [6.45, 7) is 3.33. The van der Waals surface area contributed by atoms with Gasteiger partial charge in [0.2, 0.25) is 0 Å². The second kappa shape index (κ2) is 7.41. The van der Waals surface area contributed by atoms with E-state index in [1.54, 1.807) is 0 Å². The molecule has 0 amide bonds. The van der Waals surface area contributed by atoms with Crippen molar-refractivity contribution in [3.63, 3.8) is 0 Å². The first-order valence-electron chi connectivity index (χ1n) is 8.89. The standard InChI is InChI=1S/C22H21N3O2/c1-15-2-4-17(5-3-15)14-27-19-9-6-16(7-10-19)13-23-18-8-11-20-21(12-18)25-22(26)24-20/h2-12,23H,13-14H2,1H3,(H2,24,25,26). The van der Waals surface area contributed by atoms with Gasteiger partial charge in [0.1, 0.15) is 12.4 Å². The summed E-state index contributed by atoms with van der Waals surface area (Å²) in [6, 6.07) is 22.2. The van der Waals surface area contributed by atoms with Crippen molar-refractivity contribution in [3.8, 4) is 5.75 Å². The molecule has 5 nitrogen and oxygen atoms in total. The van der Waals surface area contributed by atoms with Crippen molar-refractivity contribution < 1.29 is 4.74 Å². The van der Waals surface area contributed by atoms with E-state index in [4.69, 9.17) is 4.74 Å². The lowest BCUT2D eigenvalue weighted by Gasteiger charge is -2.09. The van der Waals surface area contributed by atoms with Gasteiger partial charge in [0.25, 0.3) is 0 Å².